The van der Waals surface area contributed by atoms with E-state index in [1.54, 1.807) is 18.7 Å². The lowest BCUT2D eigenvalue weighted by Gasteiger charge is -2.07. The van der Waals surface area contributed by atoms with Crippen molar-refractivity contribution in [3.05, 3.63) is 54.0 Å². The molecule has 92 valence electrons. The quantitative estimate of drug-likeness (QED) is 0.751. The van der Waals surface area contributed by atoms with E-state index in [9.17, 15) is 0 Å². The molecule has 0 atom stereocenters. The lowest BCUT2D eigenvalue weighted by Crippen LogP contribution is -1.93. The highest BCUT2D eigenvalue weighted by molar-refractivity contribution is 5.92. The van der Waals surface area contributed by atoms with Crippen molar-refractivity contribution in [1.82, 2.24) is 4.98 Å². The van der Waals surface area contributed by atoms with Crippen molar-refractivity contribution in [2.45, 2.75) is 6.92 Å². The minimum absolute atomic E-state index is 0.606. The number of furan rings is 1. The van der Waals surface area contributed by atoms with Crippen LogP contribution in [0.15, 0.2) is 47.3 Å². The fourth-order valence-electron chi connectivity index (χ4n) is 1.98. The minimum atomic E-state index is 0.606. The van der Waals surface area contributed by atoms with Gasteiger partial charge in [-0.2, -0.15) is 5.26 Å². The van der Waals surface area contributed by atoms with E-state index in [4.69, 9.17) is 9.68 Å². The van der Waals surface area contributed by atoms with Crippen LogP contribution in [0.3, 0.4) is 0 Å². The number of pyridine rings is 1. The Morgan fingerprint density at radius 3 is 3.00 bits per heavy atom. The summed E-state index contributed by atoms with van der Waals surface area (Å²) in [7, 11) is 0. The Morgan fingerprint density at radius 2 is 2.16 bits per heavy atom. The average Bonchev–Trinajstić information content (AvgIpc) is 2.83. The van der Waals surface area contributed by atoms with Crippen molar-refractivity contribution in [2.75, 3.05) is 5.32 Å². The van der Waals surface area contributed by atoms with E-state index in [0.29, 0.717) is 5.56 Å². The summed E-state index contributed by atoms with van der Waals surface area (Å²) in [6.45, 7) is 1.99. The van der Waals surface area contributed by atoms with Crippen molar-refractivity contribution in [2.24, 2.45) is 0 Å². The van der Waals surface area contributed by atoms with E-state index in [1.807, 2.05) is 31.2 Å². The second-order valence-corrected chi connectivity index (χ2v) is 4.31. The summed E-state index contributed by atoms with van der Waals surface area (Å²) in [6, 6.07) is 9.72. The molecule has 0 radical (unpaired) electrons. The second-order valence-electron chi connectivity index (χ2n) is 4.31. The zero-order valence-electron chi connectivity index (χ0n) is 10.3. The molecule has 0 aliphatic heterocycles. The summed E-state index contributed by atoms with van der Waals surface area (Å²) >= 11 is 0. The third-order valence-corrected chi connectivity index (χ3v) is 2.94. The van der Waals surface area contributed by atoms with Gasteiger partial charge in [-0.1, -0.05) is 6.07 Å². The number of nitrogens with zero attached hydrogens (tertiary/aromatic N) is 2. The maximum absolute atomic E-state index is 9.13. The predicted octanol–water partition coefficient (Wildman–Crippen LogP) is 3.75. The Bertz CT molecular complexity index is 783. The van der Waals surface area contributed by atoms with Gasteiger partial charge in [0.15, 0.2) is 5.58 Å². The van der Waals surface area contributed by atoms with Gasteiger partial charge < -0.3 is 9.73 Å². The zero-order valence-corrected chi connectivity index (χ0v) is 10.3. The molecule has 0 saturated heterocycles. The Morgan fingerprint density at radius 1 is 1.26 bits per heavy atom. The summed E-state index contributed by atoms with van der Waals surface area (Å²) in [5, 5.41) is 13.3. The highest BCUT2D eigenvalue weighted by Gasteiger charge is 2.08. The van der Waals surface area contributed by atoms with E-state index in [2.05, 4.69) is 16.4 Å². The molecule has 1 N–H and O–H groups in total. The largest absolute Gasteiger partial charge is 0.460 e. The molecule has 4 nitrogen and oxygen atoms in total. The van der Waals surface area contributed by atoms with Crippen LogP contribution >= 0.6 is 0 Å². The molecular formula is C15H11N3O. The average molecular weight is 249 g/mol. The molecule has 2 heterocycles. The lowest BCUT2D eigenvalue weighted by molar-refractivity contribution is 0.615. The number of aromatic nitrogens is 1. The standard InChI is InChI=1S/C15H11N3O/c1-10-2-3-11(7-16)13(6-10)18-14-9-19-15-8-17-5-4-12(14)15/h2-6,8-9,18H,1H3. The van der Waals surface area contributed by atoms with Crippen LogP contribution in [0.4, 0.5) is 11.4 Å². The topological polar surface area (TPSA) is 61.9 Å². The van der Waals surface area contributed by atoms with Gasteiger partial charge in [0, 0.05) is 11.6 Å². The zero-order chi connectivity index (χ0) is 13.2. The number of hydrogen-bond acceptors (Lipinski definition) is 4. The van der Waals surface area contributed by atoms with Crippen LogP contribution in [0.5, 0.6) is 0 Å². The number of anilines is 2. The van der Waals surface area contributed by atoms with Crippen molar-refractivity contribution >= 4 is 22.3 Å². The Hall–Kier alpha value is -2.80. The highest BCUT2D eigenvalue weighted by atomic mass is 16.3. The first-order valence-electron chi connectivity index (χ1n) is 5.87. The predicted molar refractivity (Wildman–Crippen MR) is 73.2 cm³/mol. The molecule has 4 heteroatoms. The lowest BCUT2D eigenvalue weighted by atomic mass is 10.1. The van der Waals surface area contributed by atoms with Gasteiger partial charge in [0.2, 0.25) is 0 Å². The fraction of sp³-hybridized carbons (Fsp3) is 0.0667. The summed E-state index contributed by atoms with van der Waals surface area (Å²) in [5.41, 5.74) is 4.03. The van der Waals surface area contributed by atoms with Crippen LogP contribution in [0.25, 0.3) is 11.0 Å². The number of fused-ring (bicyclic) bond motifs is 1. The first kappa shape index (κ1) is 11.3. The summed E-state index contributed by atoms with van der Waals surface area (Å²) in [6.07, 6.45) is 5.02. The molecule has 3 rings (SSSR count). The van der Waals surface area contributed by atoms with Gasteiger partial charge in [-0.3, -0.25) is 4.98 Å². The molecule has 0 aliphatic rings. The van der Waals surface area contributed by atoms with E-state index in [0.717, 1.165) is 27.9 Å². The molecule has 19 heavy (non-hydrogen) atoms. The van der Waals surface area contributed by atoms with Crippen molar-refractivity contribution in [3.63, 3.8) is 0 Å². The Balaban J connectivity index is 2.06. The highest BCUT2D eigenvalue weighted by Crippen LogP contribution is 2.29. The smallest absolute Gasteiger partial charge is 0.154 e. The van der Waals surface area contributed by atoms with Crippen LogP contribution in [0.2, 0.25) is 0 Å². The van der Waals surface area contributed by atoms with Crippen LogP contribution in [0, 0.1) is 18.3 Å². The van der Waals surface area contributed by atoms with Gasteiger partial charge in [0.1, 0.15) is 12.3 Å². The molecule has 2 aromatic heterocycles. The normalized spacial score (nSPS) is 10.3. The van der Waals surface area contributed by atoms with Crippen molar-refractivity contribution < 1.29 is 4.42 Å². The van der Waals surface area contributed by atoms with Crippen LogP contribution in [0.1, 0.15) is 11.1 Å². The van der Waals surface area contributed by atoms with Crippen LogP contribution in [-0.4, -0.2) is 4.98 Å². The monoisotopic (exact) mass is 249 g/mol. The first-order chi connectivity index (χ1) is 9.28. The van der Waals surface area contributed by atoms with E-state index >= 15 is 0 Å². The van der Waals surface area contributed by atoms with Gasteiger partial charge in [-0.05, 0) is 30.7 Å². The van der Waals surface area contributed by atoms with Gasteiger partial charge >= 0.3 is 0 Å². The molecule has 1 aromatic carbocycles. The number of nitrogens with one attached hydrogen (secondary N) is 1. The maximum atomic E-state index is 9.13. The minimum Gasteiger partial charge on any atom is -0.460 e. The molecule has 0 fully saturated rings. The van der Waals surface area contributed by atoms with Crippen molar-refractivity contribution in [1.29, 1.82) is 5.26 Å². The first-order valence-corrected chi connectivity index (χ1v) is 5.87. The van der Waals surface area contributed by atoms with Gasteiger partial charge in [-0.25, -0.2) is 0 Å². The van der Waals surface area contributed by atoms with Crippen molar-refractivity contribution in [3.8, 4) is 6.07 Å². The van der Waals surface area contributed by atoms with Gasteiger partial charge in [0.05, 0.1) is 23.1 Å². The molecule has 0 amide bonds. The van der Waals surface area contributed by atoms with Crippen LogP contribution < -0.4 is 5.32 Å². The third kappa shape index (κ3) is 2.02. The number of benzene rings is 1. The summed E-state index contributed by atoms with van der Waals surface area (Å²) in [5.74, 6) is 0. The number of rotatable bonds is 2. The SMILES string of the molecule is Cc1ccc(C#N)c(Nc2coc3cnccc23)c1. The number of nitriles is 1. The molecule has 0 saturated carbocycles. The molecule has 3 aromatic rings. The van der Waals surface area contributed by atoms with E-state index in [1.165, 1.54) is 0 Å². The summed E-state index contributed by atoms with van der Waals surface area (Å²) < 4.78 is 5.42. The Kier molecular flexibility index (Phi) is 2.66. The van der Waals surface area contributed by atoms with Crippen LogP contribution in [-0.2, 0) is 0 Å². The van der Waals surface area contributed by atoms with Gasteiger partial charge in [0.25, 0.3) is 0 Å². The second kappa shape index (κ2) is 4.46. The number of hydrogen-bond donors (Lipinski definition) is 1. The third-order valence-electron chi connectivity index (χ3n) is 2.94. The van der Waals surface area contributed by atoms with E-state index in [-0.39, 0.29) is 0 Å². The molecule has 0 unspecified atom stereocenters. The summed E-state index contributed by atoms with van der Waals surface area (Å²) in [4.78, 5) is 4.01. The molecule has 0 aliphatic carbocycles. The number of aryl methyl sites for hydroxylation is 1. The van der Waals surface area contributed by atoms with E-state index < -0.39 is 0 Å². The molecule has 0 spiro atoms. The fourth-order valence-corrected chi connectivity index (χ4v) is 1.98. The maximum Gasteiger partial charge on any atom is 0.154 e. The molecule has 0 bridgehead atoms. The Labute approximate surface area is 110 Å². The van der Waals surface area contributed by atoms with Gasteiger partial charge in [-0.15, -0.1) is 0 Å². The molecular weight excluding hydrogens is 238 g/mol.